The molecule has 0 saturated heterocycles. The normalized spacial score (nSPS) is 26.3. The summed E-state index contributed by atoms with van der Waals surface area (Å²) in [6.45, 7) is 1.69. The van der Waals surface area contributed by atoms with Gasteiger partial charge < -0.3 is 10.2 Å². The van der Waals surface area contributed by atoms with Crippen molar-refractivity contribution in [3.63, 3.8) is 0 Å². The minimum Gasteiger partial charge on any atom is -0.387 e. The summed E-state index contributed by atoms with van der Waals surface area (Å²) >= 11 is 0. The van der Waals surface area contributed by atoms with E-state index in [1.54, 1.807) is 6.92 Å². The molecule has 2 N–H and O–H groups in total. The van der Waals surface area contributed by atoms with Crippen LogP contribution in [-0.4, -0.2) is 21.7 Å². The number of halogens is 2. The van der Waals surface area contributed by atoms with E-state index in [0.717, 1.165) is 0 Å². The van der Waals surface area contributed by atoms with E-state index in [1.807, 2.05) is 0 Å². The van der Waals surface area contributed by atoms with Gasteiger partial charge in [0.25, 0.3) is 0 Å². The summed E-state index contributed by atoms with van der Waals surface area (Å²) in [6.07, 6.45) is -0.509. The lowest BCUT2D eigenvalue weighted by Crippen LogP contribution is -2.43. The van der Waals surface area contributed by atoms with E-state index in [4.69, 9.17) is 0 Å². The number of hydrogen-bond donors (Lipinski definition) is 2. The molecule has 1 saturated carbocycles. The Bertz CT molecular complexity index is 172. The molecule has 0 heterocycles. The van der Waals surface area contributed by atoms with E-state index in [2.05, 4.69) is 0 Å². The summed E-state index contributed by atoms with van der Waals surface area (Å²) in [5.74, 6) is -2.67. The highest BCUT2D eigenvalue weighted by atomic mass is 19.3. The van der Waals surface area contributed by atoms with Crippen LogP contribution < -0.4 is 0 Å². The molecule has 13 heavy (non-hydrogen) atoms. The first-order valence-electron chi connectivity index (χ1n) is 4.55. The molecule has 0 aromatic carbocycles. The van der Waals surface area contributed by atoms with Crippen molar-refractivity contribution in [1.82, 2.24) is 0 Å². The van der Waals surface area contributed by atoms with Crippen molar-refractivity contribution in [2.45, 2.75) is 50.6 Å². The van der Waals surface area contributed by atoms with Crippen LogP contribution in [0.5, 0.6) is 0 Å². The quantitative estimate of drug-likeness (QED) is 0.706. The Morgan fingerprint density at radius 1 is 1.23 bits per heavy atom. The summed E-state index contributed by atoms with van der Waals surface area (Å²) in [5.41, 5.74) is -1.36. The van der Waals surface area contributed by atoms with Gasteiger partial charge in [0.1, 0.15) is 6.10 Å². The van der Waals surface area contributed by atoms with Crippen LogP contribution in [0.2, 0.25) is 0 Å². The van der Waals surface area contributed by atoms with Gasteiger partial charge in [-0.25, -0.2) is 8.78 Å². The smallest absolute Gasteiger partial charge is 0.248 e. The van der Waals surface area contributed by atoms with Crippen LogP contribution in [0, 0.1) is 6.10 Å². The Kier molecular flexibility index (Phi) is 2.92. The highest BCUT2D eigenvalue weighted by Gasteiger charge is 2.45. The molecule has 77 valence electrons. The lowest BCUT2D eigenvalue weighted by molar-refractivity contribution is -0.117. The lowest BCUT2D eigenvalue weighted by atomic mass is 9.78. The molecule has 1 radical (unpaired) electrons. The van der Waals surface area contributed by atoms with Crippen LogP contribution >= 0.6 is 0 Å². The summed E-state index contributed by atoms with van der Waals surface area (Å²) in [4.78, 5) is 0. The third kappa shape index (κ3) is 2.38. The molecule has 0 spiro atoms. The summed E-state index contributed by atoms with van der Waals surface area (Å²) in [7, 11) is 0. The molecule has 2 nitrogen and oxygen atoms in total. The standard InChI is InChI=1S/C9H15F2O2/c1-2-7(12)8(13)3-5-9(10,11)6-4-8/h12-13H,2-6H2,1H3. The first-order valence-corrected chi connectivity index (χ1v) is 4.55. The molecule has 4 heteroatoms. The van der Waals surface area contributed by atoms with Gasteiger partial charge >= 0.3 is 0 Å². The molecule has 1 aliphatic rings. The van der Waals surface area contributed by atoms with E-state index in [1.165, 1.54) is 0 Å². The fourth-order valence-electron chi connectivity index (χ4n) is 1.65. The van der Waals surface area contributed by atoms with E-state index in [0.29, 0.717) is 6.42 Å². The van der Waals surface area contributed by atoms with Crippen LogP contribution in [0.4, 0.5) is 8.78 Å². The van der Waals surface area contributed by atoms with Crippen molar-refractivity contribution in [3.8, 4) is 0 Å². The highest BCUT2D eigenvalue weighted by molar-refractivity contribution is 5.03. The minimum atomic E-state index is -2.67. The summed E-state index contributed by atoms with van der Waals surface area (Å²) < 4.78 is 25.4. The Hall–Kier alpha value is -0.220. The SMILES string of the molecule is CC[C](O)C1(O)CCC(F)(F)CC1. The maximum atomic E-state index is 12.7. The van der Waals surface area contributed by atoms with Crippen molar-refractivity contribution in [1.29, 1.82) is 0 Å². The molecule has 0 aromatic rings. The van der Waals surface area contributed by atoms with E-state index in [9.17, 15) is 19.0 Å². The van der Waals surface area contributed by atoms with Crippen LogP contribution in [0.3, 0.4) is 0 Å². The number of alkyl halides is 2. The highest BCUT2D eigenvalue weighted by Crippen LogP contribution is 2.42. The van der Waals surface area contributed by atoms with Crippen molar-refractivity contribution in [3.05, 3.63) is 6.10 Å². The molecule has 1 fully saturated rings. The average molecular weight is 193 g/mol. The fourth-order valence-corrected chi connectivity index (χ4v) is 1.65. The Balaban J connectivity index is 2.56. The van der Waals surface area contributed by atoms with Crippen LogP contribution in [0.25, 0.3) is 0 Å². The summed E-state index contributed by atoms with van der Waals surface area (Å²) in [5, 5.41) is 19.1. The van der Waals surface area contributed by atoms with Crippen molar-refractivity contribution >= 4 is 0 Å². The maximum Gasteiger partial charge on any atom is 0.248 e. The van der Waals surface area contributed by atoms with Gasteiger partial charge in [0.15, 0.2) is 0 Å². The molecule has 0 atom stereocenters. The van der Waals surface area contributed by atoms with Gasteiger partial charge in [0.2, 0.25) is 5.92 Å². The first kappa shape index (κ1) is 10.9. The van der Waals surface area contributed by atoms with Crippen molar-refractivity contribution < 1.29 is 19.0 Å². The molecular formula is C9H15F2O2. The average Bonchev–Trinajstić information content (AvgIpc) is 2.09. The predicted molar refractivity (Wildman–Crippen MR) is 43.8 cm³/mol. The van der Waals surface area contributed by atoms with E-state index < -0.39 is 11.5 Å². The van der Waals surface area contributed by atoms with Gasteiger partial charge in [-0.05, 0) is 19.3 Å². The first-order chi connectivity index (χ1) is 5.90. The van der Waals surface area contributed by atoms with E-state index in [-0.39, 0.29) is 31.8 Å². The summed E-state index contributed by atoms with van der Waals surface area (Å²) in [6, 6.07) is 0. The maximum absolute atomic E-state index is 12.7. The van der Waals surface area contributed by atoms with Crippen LogP contribution in [0.1, 0.15) is 39.0 Å². The van der Waals surface area contributed by atoms with Gasteiger partial charge in [-0.1, -0.05) is 6.92 Å². The van der Waals surface area contributed by atoms with E-state index >= 15 is 0 Å². The van der Waals surface area contributed by atoms with Gasteiger partial charge in [-0.3, -0.25) is 0 Å². The largest absolute Gasteiger partial charge is 0.387 e. The van der Waals surface area contributed by atoms with Crippen molar-refractivity contribution in [2.24, 2.45) is 0 Å². The van der Waals surface area contributed by atoms with Gasteiger partial charge in [-0.2, -0.15) is 0 Å². The second-order valence-electron chi connectivity index (χ2n) is 3.69. The molecule has 0 aromatic heterocycles. The fraction of sp³-hybridized carbons (Fsp3) is 0.889. The molecule has 0 aliphatic heterocycles. The minimum absolute atomic E-state index is 0.0420. The number of aliphatic hydroxyl groups excluding tert-OH is 1. The number of aliphatic hydroxyl groups is 2. The Labute approximate surface area is 76.6 Å². The zero-order chi connectivity index (χ0) is 10.1. The molecule has 0 unspecified atom stereocenters. The van der Waals surface area contributed by atoms with Crippen molar-refractivity contribution in [2.75, 3.05) is 0 Å². The third-order valence-corrected chi connectivity index (χ3v) is 2.68. The second-order valence-corrected chi connectivity index (χ2v) is 3.69. The molecule has 0 amide bonds. The third-order valence-electron chi connectivity index (χ3n) is 2.68. The molecule has 1 aliphatic carbocycles. The number of hydrogen-bond acceptors (Lipinski definition) is 2. The van der Waals surface area contributed by atoms with Gasteiger partial charge in [-0.15, -0.1) is 0 Å². The topological polar surface area (TPSA) is 40.5 Å². The monoisotopic (exact) mass is 193 g/mol. The zero-order valence-electron chi connectivity index (χ0n) is 7.69. The zero-order valence-corrected chi connectivity index (χ0v) is 7.69. The lowest BCUT2D eigenvalue weighted by Gasteiger charge is -2.38. The van der Waals surface area contributed by atoms with Gasteiger partial charge in [0, 0.05) is 12.8 Å². The Morgan fingerprint density at radius 2 is 1.69 bits per heavy atom. The molecule has 1 rings (SSSR count). The van der Waals surface area contributed by atoms with Crippen LogP contribution in [0.15, 0.2) is 0 Å². The molecular weight excluding hydrogens is 178 g/mol. The molecule has 0 bridgehead atoms. The van der Waals surface area contributed by atoms with Gasteiger partial charge in [0.05, 0.1) is 5.60 Å². The second kappa shape index (κ2) is 3.50. The predicted octanol–water partition coefficient (Wildman–Crippen LogP) is 2.24. The number of rotatable bonds is 2. The Morgan fingerprint density at radius 3 is 2.08 bits per heavy atom. The van der Waals surface area contributed by atoms with Crippen LogP contribution in [-0.2, 0) is 0 Å².